The zero-order chi connectivity index (χ0) is 21.6. The first-order valence-corrected chi connectivity index (χ1v) is 12.4. The topological polar surface area (TPSA) is 58.4 Å². The third-order valence-electron chi connectivity index (χ3n) is 5.87. The van der Waals surface area contributed by atoms with E-state index in [2.05, 4.69) is 48.0 Å². The van der Waals surface area contributed by atoms with Gasteiger partial charge in [0.25, 0.3) is 0 Å². The lowest BCUT2D eigenvalue weighted by molar-refractivity contribution is 0.342. The highest BCUT2D eigenvalue weighted by Crippen LogP contribution is 2.32. The van der Waals surface area contributed by atoms with Gasteiger partial charge in [-0.25, -0.2) is 13.4 Å². The van der Waals surface area contributed by atoms with Crippen molar-refractivity contribution in [2.45, 2.75) is 38.6 Å². The third-order valence-corrected chi connectivity index (χ3v) is 8.83. The first-order valence-electron chi connectivity index (χ1n) is 10.1. The molecule has 2 aromatic heterocycles. The van der Waals surface area contributed by atoms with Gasteiger partial charge in [-0.3, -0.25) is 0 Å². The molecule has 0 radical (unpaired) electrons. The van der Waals surface area contributed by atoms with Crippen molar-refractivity contribution in [2.24, 2.45) is 7.05 Å². The second kappa shape index (κ2) is 7.83. The van der Waals surface area contributed by atoms with E-state index in [0.29, 0.717) is 24.5 Å². The molecule has 3 heterocycles. The van der Waals surface area contributed by atoms with Gasteiger partial charge < -0.3 is 9.47 Å². The van der Waals surface area contributed by atoms with Crippen molar-refractivity contribution in [1.82, 2.24) is 13.9 Å². The van der Waals surface area contributed by atoms with E-state index in [1.165, 1.54) is 16.9 Å². The Morgan fingerprint density at radius 3 is 2.53 bits per heavy atom. The van der Waals surface area contributed by atoms with Gasteiger partial charge in [0.05, 0.1) is 5.69 Å². The molecule has 0 saturated carbocycles. The molecule has 3 aromatic rings. The summed E-state index contributed by atoms with van der Waals surface area (Å²) < 4.78 is 30.6. The van der Waals surface area contributed by atoms with E-state index in [-0.39, 0.29) is 6.04 Å². The first kappa shape index (κ1) is 21.1. The maximum absolute atomic E-state index is 13.5. The van der Waals surface area contributed by atoms with Crippen LogP contribution in [-0.2, 0) is 17.1 Å². The average Bonchev–Trinajstić information content (AvgIpc) is 3.25. The van der Waals surface area contributed by atoms with E-state index >= 15 is 0 Å². The van der Waals surface area contributed by atoms with Crippen LogP contribution >= 0.6 is 11.3 Å². The van der Waals surface area contributed by atoms with Crippen molar-refractivity contribution in [3.8, 4) is 10.7 Å². The van der Waals surface area contributed by atoms with Crippen molar-refractivity contribution < 1.29 is 8.42 Å². The molecule has 30 heavy (non-hydrogen) atoms. The largest absolute Gasteiger partial charge is 0.366 e. The standard InChI is InChI=1S/C22H28N4O2S2/c1-15-7-6-8-19(11-15)26-10-9-25(13-17(26)3)30(27,28)21-12-20(24(5)18(21)4)22-23-16(2)14-29-22/h6-8,11-12,14,17H,9-10,13H2,1-5H3. The van der Waals surface area contributed by atoms with Crippen LogP contribution in [0.1, 0.15) is 23.9 Å². The molecule has 0 spiro atoms. The fraction of sp³-hybridized carbons (Fsp3) is 0.409. The van der Waals surface area contributed by atoms with Crippen LogP contribution in [0.25, 0.3) is 10.7 Å². The molecule has 0 amide bonds. The van der Waals surface area contributed by atoms with Crippen molar-refractivity contribution in [3.63, 3.8) is 0 Å². The normalized spacial score (nSPS) is 18.2. The Balaban J connectivity index is 1.61. The van der Waals surface area contributed by atoms with Gasteiger partial charge in [0.2, 0.25) is 10.0 Å². The second-order valence-electron chi connectivity index (χ2n) is 8.08. The van der Waals surface area contributed by atoms with Gasteiger partial charge in [-0.2, -0.15) is 4.31 Å². The lowest BCUT2D eigenvalue weighted by Crippen LogP contribution is -2.53. The van der Waals surface area contributed by atoms with Crippen LogP contribution in [0.4, 0.5) is 5.69 Å². The summed E-state index contributed by atoms with van der Waals surface area (Å²) in [6.45, 7) is 9.59. The number of aryl methyl sites for hydroxylation is 2. The van der Waals surface area contributed by atoms with Crippen LogP contribution in [0.3, 0.4) is 0 Å². The Kier molecular flexibility index (Phi) is 5.50. The maximum atomic E-state index is 13.5. The lowest BCUT2D eigenvalue weighted by Gasteiger charge is -2.40. The molecule has 1 unspecified atom stereocenters. The van der Waals surface area contributed by atoms with Gasteiger partial charge in [-0.15, -0.1) is 11.3 Å². The fourth-order valence-electron chi connectivity index (χ4n) is 4.08. The summed E-state index contributed by atoms with van der Waals surface area (Å²) >= 11 is 1.54. The summed E-state index contributed by atoms with van der Waals surface area (Å²) in [6, 6.07) is 10.3. The predicted octanol–water partition coefficient (Wildman–Crippen LogP) is 3.97. The summed E-state index contributed by atoms with van der Waals surface area (Å²) in [4.78, 5) is 7.21. The number of sulfonamides is 1. The number of hydrogen-bond donors (Lipinski definition) is 0. The van der Waals surface area contributed by atoms with E-state index in [1.54, 1.807) is 10.4 Å². The van der Waals surface area contributed by atoms with E-state index in [1.807, 2.05) is 30.8 Å². The summed E-state index contributed by atoms with van der Waals surface area (Å²) in [5, 5.41) is 2.83. The predicted molar refractivity (Wildman–Crippen MR) is 123 cm³/mol. The zero-order valence-corrected chi connectivity index (χ0v) is 19.7. The van der Waals surface area contributed by atoms with Crippen molar-refractivity contribution in [1.29, 1.82) is 0 Å². The van der Waals surface area contributed by atoms with Gasteiger partial charge in [0.15, 0.2) is 0 Å². The minimum atomic E-state index is -3.58. The average molecular weight is 445 g/mol. The molecule has 1 saturated heterocycles. The van der Waals surface area contributed by atoms with E-state index in [9.17, 15) is 8.42 Å². The van der Waals surface area contributed by atoms with Crippen molar-refractivity contribution in [2.75, 3.05) is 24.5 Å². The summed E-state index contributed by atoms with van der Waals surface area (Å²) in [5.74, 6) is 0. The van der Waals surface area contributed by atoms with Crippen LogP contribution < -0.4 is 4.90 Å². The Morgan fingerprint density at radius 2 is 1.90 bits per heavy atom. The molecular weight excluding hydrogens is 416 g/mol. The monoisotopic (exact) mass is 444 g/mol. The number of thiazole rings is 1. The second-order valence-corrected chi connectivity index (χ2v) is 10.8. The SMILES string of the molecule is Cc1cccc(N2CCN(S(=O)(=O)c3cc(-c4nc(C)cs4)n(C)c3C)CC2C)c1. The number of benzene rings is 1. The van der Waals surface area contributed by atoms with Gasteiger partial charge in [-0.05, 0) is 51.5 Å². The molecule has 8 heteroatoms. The Morgan fingerprint density at radius 1 is 1.13 bits per heavy atom. The van der Waals surface area contributed by atoms with Crippen LogP contribution in [0.5, 0.6) is 0 Å². The van der Waals surface area contributed by atoms with Gasteiger partial charge >= 0.3 is 0 Å². The number of rotatable bonds is 4. The minimum Gasteiger partial charge on any atom is -0.366 e. The fourth-order valence-corrected chi connectivity index (χ4v) is 6.71. The van der Waals surface area contributed by atoms with Crippen LogP contribution in [0.15, 0.2) is 40.6 Å². The lowest BCUT2D eigenvalue weighted by atomic mass is 10.1. The molecule has 1 aliphatic heterocycles. The molecule has 1 aromatic carbocycles. The molecule has 6 nitrogen and oxygen atoms in total. The molecule has 0 bridgehead atoms. The summed E-state index contributed by atoms with van der Waals surface area (Å²) in [5.41, 5.74) is 4.89. The zero-order valence-electron chi connectivity index (χ0n) is 18.1. The van der Waals surface area contributed by atoms with Crippen molar-refractivity contribution >= 4 is 27.0 Å². The third kappa shape index (κ3) is 3.68. The Hall–Kier alpha value is -2.16. The summed E-state index contributed by atoms with van der Waals surface area (Å²) in [6.07, 6.45) is 0. The molecule has 4 rings (SSSR count). The molecule has 160 valence electrons. The molecule has 0 aliphatic carbocycles. The smallest absolute Gasteiger partial charge is 0.245 e. The number of nitrogens with zero attached hydrogens (tertiary/aromatic N) is 4. The van der Waals surface area contributed by atoms with Crippen LogP contribution in [0.2, 0.25) is 0 Å². The Bertz CT molecular complexity index is 1180. The quantitative estimate of drug-likeness (QED) is 0.611. The van der Waals surface area contributed by atoms with E-state index in [0.717, 1.165) is 27.8 Å². The highest BCUT2D eigenvalue weighted by Gasteiger charge is 2.34. The summed E-state index contributed by atoms with van der Waals surface area (Å²) in [7, 11) is -1.68. The first-order chi connectivity index (χ1) is 14.2. The molecule has 1 aliphatic rings. The van der Waals surface area contributed by atoms with E-state index in [4.69, 9.17) is 0 Å². The minimum absolute atomic E-state index is 0.0976. The van der Waals surface area contributed by atoms with Crippen molar-refractivity contribution in [3.05, 3.63) is 52.7 Å². The number of hydrogen-bond acceptors (Lipinski definition) is 5. The van der Waals surface area contributed by atoms with E-state index < -0.39 is 10.0 Å². The van der Waals surface area contributed by atoms with Crippen LogP contribution in [0, 0.1) is 20.8 Å². The van der Waals surface area contributed by atoms with Gasteiger partial charge in [-0.1, -0.05) is 12.1 Å². The maximum Gasteiger partial charge on any atom is 0.245 e. The number of anilines is 1. The highest BCUT2D eigenvalue weighted by molar-refractivity contribution is 7.89. The number of aromatic nitrogens is 2. The van der Waals surface area contributed by atoms with Gasteiger partial charge in [0.1, 0.15) is 9.90 Å². The Labute approximate surface area is 182 Å². The van der Waals surface area contributed by atoms with Gasteiger partial charge in [0, 0.05) is 55.2 Å². The number of piperazine rings is 1. The van der Waals surface area contributed by atoms with Crippen LogP contribution in [-0.4, -0.2) is 48.0 Å². The molecule has 0 N–H and O–H groups in total. The highest BCUT2D eigenvalue weighted by atomic mass is 32.2. The molecular formula is C22H28N4O2S2. The molecule has 1 atom stereocenters. The molecule has 1 fully saturated rings.